The molecule has 2 aromatic rings. The summed E-state index contributed by atoms with van der Waals surface area (Å²) in [6, 6.07) is 5.76. The fourth-order valence-corrected chi connectivity index (χ4v) is 2.59. The number of rotatable bonds is 3. The molecule has 19 heavy (non-hydrogen) atoms. The first kappa shape index (κ1) is 14.0. The van der Waals surface area contributed by atoms with Crippen LogP contribution in [0.4, 0.5) is 13.2 Å². The van der Waals surface area contributed by atoms with E-state index in [1.807, 2.05) is 0 Å². The molecule has 2 nitrogen and oxygen atoms in total. The first-order chi connectivity index (χ1) is 8.91. The molecule has 1 aromatic carbocycles. The Morgan fingerprint density at radius 3 is 2.53 bits per heavy atom. The summed E-state index contributed by atoms with van der Waals surface area (Å²) in [5.74, 6) is 0.735. The SMILES string of the molecule is Cc1occc1Sc1ccc(C(F)(F)F)c(CN)c1. The van der Waals surface area contributed by atoms with Crippen LogP contribution >= 0.6 is 11.8 Å². The van der Waals surface area contributed by atoms with E-state index in [9.17, 15) is 13.2 Å². The molecule has 0 saturated heterocycles. The van der Waals surface area contributed by atoms with Crippen molar-refractivity contribution in [1.82, 2.24) is 0 Å². The Hall–Kier alpha value is -1.40. The average Bonchev–Trinajstić information content (AvgIpc) is 2.73. The van der Waals surface area contributed by atoms with Crippen molar-refractivity contribution in [2.24, 2.45) is 5.73 Å². The van der Waals surface area contributed by atoms with Crippen molar-refractivity contribution in [3.8, 4) is 0 Å². The van der Waals surface area contributed by atoms with E-state index in [0.29, 0.717) is 4.90 Å². The summed E-state index contributed by atoms with van der Waals surface area (Å²) in [7, 11) is 0. The predicted octanol–water partition coefficient (Wildman–Crippen LogP) is 4.22. The van der Waals surface area contributed by atoms with Crippen LogP contribution in [0.3, 0.4) is 0 Å². The van der Waals surface area contributed by atoms with Crippen LogP contribution in [0.5, 0.6) is 0 Å². The maximum atomic E-state index is 12.7. The summed E-state index contributed by atoms with van der Waals surface area (Å²) < 4.78 is 43.3. The molecule has 102 valence electrons. The lowest BCUT2D eigenvalue weighted by Crippen LogP contribution is -2.11. The molecule has 1 heterocycles. The van der Waals surface area contributed by atoms with Crippen LogP contribution in [0.15, 0.2) is 44.7 Å². The van der Waals surface area contributed by atoms with E-state index in [1.54, 1.807) is 19.3 Å². The van der Waals surface area contributed by atoms with Crippen molar-refractivity contribution < 1.29 is 17.6 Å². The summed E-state index contributed by atoms with van der Waals surface area (Å²) in [5.41, 5.74) is 4.81. The van der Waals surface area contributed by atoms with Gasteiger partial charge in [-0.2, -0.15) is 13.2 Å². The van der Waals surface area contributed by atoms with Crippen molar-refractivity contribution in [3.63, 3.8) is 0 Å². The maximum Gasteiger partial charge on any atom is 0.416 e. The highest BCUT2D eigenvalue weighted by Crippen LogP contribution is 2.36. The summed E-state index contributed by atoms with van der Waals surface area (Å²) in [4.78, 5) is 1.58. The van der Waals surface area contributed by atoms with Crippen LogP contribution in [0.2, 0.25) is 0 Å². The number of alkyl halides is 3. The largest absolute Gasteiger partial charge is 0.468 e. The van der Waals surface area contributed by atoms with E-state index in [2.05, 4.69) is 0 Å². The molecule has 0 aliphatic rings. The number of benzene rings is 1. The highest BCUT2D eigenvalue weighted by atomic mass is 32.2. The Kier molecular flexibility index (Phi) is 3.91. The number of halogens is 3. The maximum absolute atomic E-state index is 12.7. The molecule has 0 fully saturated rings. The van der Waals surface area contributed by atoms with Gasteiger partial charge in [0.2, 0.25) is 0 Å². The molecule has 6 heteroatoms. The van der Waals surface area contributed by atoms with Crippen LogP contribution in [-0.2, 0) is 12.7 Å². The van der Waals surface area contributed by atoms with Crippen molar-refractivity contribution in [2.75, 3.05) is 0 Å². The Balaban J connectivity index is 2.32. The molecule has 0 spiro atoms. The van der Waals surface area contributed by atoms with Gasteiger partial charge in [-0.15, -0.1) is 0 Å². The lowest BCUT2D eigenvalue weighted by molar-refractivity contribution is -0.138. The van der Waals surface area contributed by atoms with Gasteiger partial charge in [0.15, 0.2) is 0 Å². The topological polar surface area (TPSA) is 39.2 Å². The predicted molar refractivity (Wildman–Crippen MR) is 66.9 cm³/mol. The van der Waals surface area contributed by atoms with Gasteiger partial charge >= 0.3 is 6.18 Å². The zero-order valence-electron chi connectivity index (χ0n) is 10.1. The summed E-state index contributed by atoms with van der Waals surface area (Å²) in [5, 5.41) is 0. The van der Waals surface area contributed by atoms with Crippen molar-refractivity contribution >= 4 is 11.8 Å². The van der Waals surface area contributed by atoms with Crippen LogP contribution in [-0.4, -0.2) is 0 Å². The van der Waals surface area contributed by atoms with Gasteiger partial charge in [0, 0.05) is 11.4 Å². The Bertz CT molecular complexity index is 578. The number of aryl methyl sites for hydroxylation is 1. The average molecular weight is 287 g/mol. The Morgan fingerprint density at radius 1 is 1.26 bits per heavy atom. The second-order valence-corrected chi connectivity index (χ2v) is 5.08. The van der Waals surface area contributed by atoms with E-state index in [1.165, 1.54) is 23.9 Å². The van der Waals surface area contributed by atoms with Gasteiger partial charge in [-0.05, 0) is 36.8 Å². The van der Waals surface area contributed by atoms with Gasteiger partial charge in [-0.25, -0.2) is 0 Å². The zero-order chi connectivity index (χ0) is 14.0. The number of hydrogen-bond acceptors (Lipinski definition) is 3. The molecular weight excluding hydrogens is 275 g/mol. The first-order valence-electron chi connectivity index (χ1n) is 5.54. The molecule has 0 saturated carbocycles. The van der Waals surface area contributed by atoms with E-state index in [-0.39, 0.29) is 12.1 Å². The third-order valence-electron chi connectivity index (χ3n) is 2.64. The highest BCUT2D eigenvalue weighted by molar-refractivity contribution is 7.99. The van der Waals surface area contributed by atoms with E-state index in [0.717, 1.165) is 16.7 Å². The molecule has 0 amide bonds. The summed E-state index contributed by atoms with van der Waals surface area (Å²) >= 11 is 1.35. The van der Waals surface area contributed by atoms with Gasteiger partial charge in [-0.3, -0.25) is 0 Å². The lowest BCUT2D eigenvalue weighted by atomic mass is 10.1. The first-order valence-corrected chi connectivity index (χ1v) is 6.35. The van der Waals surface area contributed by atoms with Crippen molar-refractivity contribution in [3.05, 3.63) is 47.4 Å². The van der Waals surface area contributed by atoms with Crippen molar-refractivity contribution in [2.45, 2.75) is 29.4 Å². The fraction of sp³-hybridized carbons (Fsp3) is 0.231. The zero-order valence-corrected chi connectivity index (χ0v) is 10.9. The molecule has 0 bridgehead atoms. The molecule has 0 aliphatic heterocycles. The Morgan fingerprint density at radius 2 is 2.00 bits per heavy atom. The Labute approximate surface area is 112 Å². The van der Waals surface area contributed by atoms with Crippen LogP contribution < -0.4 is 5.73 Å². The van der Waals surface area contributed by atoms with Gasteiger partial charge in [0.05, 0.1) is 16.7 Å². The molecule has 0 aliphatic carbocycles. The van der Waals surface area contributed by atoms with Gasteiger partial charge in [-0.1, -0.05) is 11.8 Å². The molecule has 0 atom stereocenters. The van der Waals surface area contributed by atoms with Crippen LogP contribution in [0.1, 0.15) is 16.9 Å². The minimum Gasteiger partial charge on any atom is -0.468 e. The van der Waals surface area contributed by atoms with Gasteiger partial charge in [0.25, 0.3) is 0 Å². The van der Waals surface area contributed by atoms with Crippen LogP contribution in [0, 0.1) is 6.92 Å². The molecule has 0 radical (unpaired) electrons. The lowest BCUT2D eigenvalue weighted by Gasteiger charge is -2.12. The molecule has 2 rings (SSSR count). The minimum atomic E-state index is -4.37. The highest BCUT2D eigenvalue weighted by Gasteiger charge is 2.32. The van der Waals surface area contributed by atoms with Crippen LogP contribution in [0.25, 0.3) is 0 Å². The van der Waals surface area contributed by atoms with Gasteiger partial charge in [0.1, 0.15) is 5.76 Å². The quantitative estimate of drug-likeness (QED) is 0.918. The second kappa shape index (κ2) is 5.30. The molecule has 1 aromatic heterocycles. The normalized spacial score (nSPS) is 11.8. The van der Waals surface area contributed by atoms with Crippen molar-refractivity contribution in [1.29, 1.82) is 0 Å². The van der Waals surface area contributed by atoms with Gasteiger partial charge < -0.3 is 10.2 Å². The number of furan rings is 1. The minimum absolute atomic E-state index is 0.0960. The smallest absolute Gasteiger partial charge is 0.416 e. The monoisotopic (exact) mass is 287 g/mol. The van der Waals surface area contributed by atoms with E-state index >= 15 is 0 Å². The molecule has 0 unspecified atom stereocenters. The standard InChI is InChI=1S/C13H12F3NOS/c1-8-12(4-5-18-8)19-10-2-3-11(13(14,15)16)9(6-10)7-17/h2-6H,7,17H2,1H3. The third-order valence-corrected chi connectivity index (χ3v) is 3.77. The van der Waals surface area contributed by atoms with E-state index in [4.69, 9.17) is 10.2 Å². The molecule has 2 N–H and O–H groups in total. The number of hydrogen-bond donors (Lipinski definition) is 1. The summed E-state index contributed by atoms with van der Waals surface area (Å²) in [6.07, 6.45) is -2.82. The second-order valence-electron chi connectivity index (χ2n) is 3.96. The fourth-order valence-electron chi connectivity index (χ4n) is 1.69. The number of nitrogens with two attached hydrogens (primary N) is 1. The van der Waals surface area contributed by atoms with E-state index < -0.39 is 11.7 Å². The molecular formula is C13H12F3NOS. The third kappa shape index (κ3) is 3.13. The summed E-state index contributed by atoms with van der Waals surface area (Å²) in [6.45, 7) is 1.66.